The summed E-state index contributed by atoms with van der Waals surface area (Å²) in [6.07, 6.45) is 7.30. The Labute approximate surface area is 136 Å². The topological polar surface area (TPSA) is 53.7 Å². The van der Waals surface area contributed by atoms with Gasteiger partial charge in [-0.25, -0.2) is 4.98 Å². The van der Waals surface area contributed by atoms with Crippen LogP contribution in [0, 0.1) is 0 Å². The van der Waals surface area contributed by atoms with Gasteiger partial charge in [-0.3, -0.25) is 14.3 Å². The molecule has 3 aromatic rings. The highest BCUT2D eigenvalue weighted by Crippen LogP contribution is 2.15. The minimum atomic E-state index is -0.753. The fourth-order valence-corrected chi connectivity index (χ4v) is 2.80. The second kappa shape index (κ2) is 6.48. The third-order valence-electron chi connectivity index (χ3n) is 3.64. The number of aromatic nitrogens is 3. The predicted octanol–water partition coefficient (Wildman–Crippen LogP) is 2.50. The van der Waals surface area contributed by atoms with Gasteiger partial charge in [-0.15, -0.1) is 0 Å². The number of rotatable bonds is 6. The van der Waals surface area contributed by atoms with Crippen LogP contribution in [-0.2, 0) is 13.1 Å². The maximum atomic E-state index is 10.2. The van der Waals surface area contributed by atoms with E-state index in [-0.39, 0.29) is 0 Å². The fourth-order valence-electron chi connectivity index (χ4n) is 2.80. The van der Waals surface area contributed by atoms with Crippen molar-refractivity contribution in [1.29, 1.82) is 0 Å². The molecule has 3 rings (SSSR count). The Morgan fingerprint density at radius 3 is 2.65 bits per heavy atom. The summed E-state index contributed by atoms with van der Waals surface area (Å²) < 4.78 is 2.04. The quantitative estimate of drug-likeness (QED) is 0.760. The van der Waals surface area contributed by atoms with E-state index in [0.717, 1.165) is 17.9 Å². The smallest absolute Gasteiger partial charge is 0.155 e. The number of imidazole rings is 1. The lowest BCUT2D eigenvalue weighted by Crippen LogP contribution is -2.38. The van der Waals surface area contributed by atoms with Gasteiger partial charge in [0.15, 0.2) is 5.65 Å². The Kier molecular flexibility index (Phi) is 4.41. The standard InChI is InChI=1S/C18H22N4O/c1-18(2,23)14-21(12-15-6-4-3-5-7-15)13-16-10-20-17-11-19-8-9-22(16)17/h3-11,23H,12-14H2,1-2H3. The largest absolute Gasteiger partial charge is 0.389 e. The SMILES string of the molecule is CC(C)(O)CN(Cc1ccccc1)Cc1cnc2cnccn12. The number of aliphatic hydroxyl groups is 1. The van der Waals surface area contributed by atoms with Crippen molar-refractivity contribution in [1.82, 2.24) is 19.3 Å². The molecule has 1 aromatic carbocycles. The molecule has 0 aliphatic rings. The van der Waals surface area contributed by atoms with Crippen LogP contribution in [0.5, 0.6) is 0 Å². The van der Waals surface area contributed by atoms with Gasteiger partial charge in [-0.05, 0) is 19.4 Å². The van der Waals surface area contributed by atoms with E-state index in [0.29, 0.717) is 13.1 Å². The second-order valence-electron chi connectivity index (χ2n) is 6.50. The zero-order chi connectivity index (χ0) is 16.3. The number of hydrogen-bond donors (Lipinski definition) is 1. The summed E-state index contributed by atoms with van der Waals surface area (Å²) in [5.41, 5.74) is 2.40. The lowest BCUT2D eigenvalue weighted by Gasteiger charge is -2.29. The average Bonchev–Trinajstić information content (AvgIpc) is 2.90. The zero-order valence-electron chi connectivity index (χ0n) is 13.6. The molecule has 23 heavy (non-hydrogen) atoms. The van der Waals surface area contributed by atoms with Crippen LogP contribution in [0.3, 0.4) is 0 Å². The van der Waals surface area contributed by atoms with Gasteiger partial charge < -0.3 is 5.11 Å². The first-order valence-electron chi connectivity index (χ1n) is 7.76. The minimum Gasteiger partial charge on any atom is -0.389 e. The fraction of sp³-hybridized carbons (Fsp3) is 0.333. The highest BCUT2D eigenvalue weighted by atomic mass is 16.3. The van der Waals surface area contributed by atoms with Crippen LogP contribution in [-0.4, -0.2) is 36.5 Å². The Hall–Kier alpha value is -2.24. The molecule has 1 N–H and O–H groups in total. The van der Waals surface area contributed by atoms with Gasteiger partial charge in [0.25, 0.3) is 0 Å². The van der Waals surface area contributed by atoms with Crippen molar-refractivity contribution in [3.63, 3.8) is 0 Å². The molecule has 2 aromatic heterocycles. The van der Waals surface area contributed by atoms with Gasteiger partial charge >= 0.3 is 0 Å². The van der Waals surface area contributed by atoms with Crippen molar-refractivity contribution in [2.45, 2.75) is 32.5 Å². The molecule has 0 atom stereocenters. The Balaban J connectivity index is 1.83. The first kappa shape index (κ1) is 15.6. The number of nitrogens with zero attached hydrogens (tertiary/aromatic N) is 4. The summed E-state index contributed by atoms with van der Waals surface area (Å²) in [5.74, 6) is 0. The van der Waals surface area contributed by atoms with Crippen LogP contribution in [0.2, 0.25) is 0 Å². The summed E-state index contributed by atoms with van der Waals surface area (Å²) in [4.78, 5) is 10.7. The van der Waals surface area contributed by atoms with Gasteiger partial charge in [0, 0.05) is 32.0 Å². The number of fused-ring (bicyclic) bond motifs is 1. The van der Waals surface area contributed by atoms with E-state index < -0.39 is 5.60 Å². The normalized spacial score (nSPS) is 12.2. The molecule has 2 heterocycles. The third kappa shape index (κ3) is 4.15. The Morgan fingerprint density at radius 1 is 1.13 bits per heavy atom. The maximum Gasteiger partial charge on any atom is 0.155 e. The van der Waals surface area contributed by atoms with Crippen molar-refractivity contribution >= 4 is 5.65 Å². The molecular formula is C18H22N4O. The highest BCUT2D eigenvalue weighted by molar-refractivity contribution is 5.36. The molecule has 0 aliphatic carbocycles. The van der Waals surface area contributed by atoms with Crippen molar-refractivity contribution < 1.29 is 5.11 Å². The summed E-state index contributed by atoms with van der Waals surface area (Å²) in [6.45, 7) is 5.75. The first-order chi connectivity index (χ1) is 11.0. The second-order valence-corrected chi connectivity index (χ2v) is 6.50. The van der Waals surface area contributed by atoms with Gasteiger partial charge in [-0.1, -0.05) is 30.3 Å². The molecule has 120 valence electrons. The summed E-state index contributed by atoms with van der Waals surface area (Å²) in [7, 11) is 0. The molecule has 5 heteroatoms. The Bertz CT molecular complexity index is 761. The average molecular weight is 310 g/mol. The zero-order valence-corrected chi connectivity index (χ0v) is 13.6. The molecule has 0 spiro atoms. The molecule has 0 saturated heterocycles. The van der Waals surface area contributed by atoms with Gasteiger partial charge in [0.05, 0.1) is 23.7 Å². The molecule has 0 bridgehead atoms. The first-order valence-corrected chi connectivity index (χ1v) is 7.76. The molecule has 5 nitrogen and oxygen atoms in total. The van der Waals surface area contributed by atoms with E-state index in [1.165, 1.54) is 5.56 Å². The van der Waals surface area contributed by atoms with Gasteiger partial charge in [0.1, 0.15) is 0 Å². The van der Waals surface area contributed by atoms with E-state index in [1.807, 2.05) is 48.8 Å². The van der Waals surface area contributed by atoms with Gasteiger partial charge in [-0.2, -0.15) is 0 Å². The van der Waals surface area contributed by atoms with Crippen LogP contribution < -0.4 is 0 Å². The third-order valence-corrected chi connectivity index (χ3v) is 3.64. The van der Waals surface area contributed by atoms with Crippen LogP contribution >= 0.6 is 0 Å². The maximum absolute atomic E-state index is 10.2. The highest BCUT2D eigenvalue weighted by Gasteiger charge is 2.20. The van der Waals surface area contributed by atoms with Gasteiger partial charge in [0.2, 0.25) is 0 Å². The molecule has 0 saturated carbocycles. The van der Waals surface area contributed by atoms with Crippen LogP contribution in [0.15, 0.2) is 55.1 Å². The van der Waals surface area contributed by atoms with E-state index in [1.54, 1.807) is 12.4 Å². The molecular weight excluding hydrogens is 288 g/mol. The van der Waals surface area contributed by atoms with Crippen LogP contribution in [0.4, 0.5) is 0 Å². The molecule has 0 aliphatic heterocycles. The van der Waals surface area contributed by atoms with Crippen molar-refractivity contribution in [2.75, 3.05) is 6.54 Å². The monoisotopic (exact) mass is 310 g/mol. The van der Waals surface area contributed by atoms with Crippen LogP contribution in [0.25, 0.3) is 5.65 Å². The van der Waals surface area contributed by atoms with E-state index in [4.69, 9.17) is 0 Å². The van der Waals surface area contributed by atoms with E-state index >= 15 is 0 Å². The minimum absolute atomic E-state index is 0.584. The van der Waals surface area contributed by atoms with Crippen molar-refractivity contribution in [3.05, 3.63) is 66.4 Å². The molecule has 0 unspecified atom stereocenters. The van der Waals surface area contributed by atoms with Crippen molar-refractivity contribution in [2.24, 2.45) is 0 Å². The summed E-state index contributed by atoms with van der Waals surface area (Å²) in [6, 6.07) is 10.3. The van der Waals surface area contributed by atoms with Crippen LogP contribution in [0.1, 0.15) is 25.1 Å². The number of benzene rings is 1. The lowest BCUT2D eigenvalue weighted by atomic mass is 10.1. The van der Waals surface area contributed by atoms with Crippen molar-refractivity contribution in [3.8, 4) is 0 Å². The molecule has 0 radical (unpaired) electrons. The summed E-state index contributed by atoms with van der Waals surface area (Å²) >= 11 is 0. The Morgan fingerprint density at radius 2 is 1.91 bits per heavy atom. The lowest BCUT2D eigenvalue weighted by molar-refractivity contribution is 0.0302. The number of hydrogen-bond acceptors (Lipinski definition) is 4. The van der Waals surface area contributed by atoms with E-state index in [9.17, 15) is 5.11 Å². The molecule has 0 fully saturated rings. The summed E-state index contributed by atoms with van der Waals surface area (Å²) in [5, 5.41) is 10.2. The predicted molar refractivity (Wildman–Crippen MR) is 89.8 cm³/mol. The van der Waals surface area contributed by atoms with E-state index in [2.05, 4.69) is 27.0 Å². The molecule has 0 amide bonds.